The van der Waals surface area contributed by atoms with Crippen molar-refractivity contribution in [2.24, 2.45) is 5.10 Å². The van der Waals surface area contributed by atoms with Gasteiger partial charge in [-0.25, -0.2) is 15.9 Å². The molecule has 1 aromatic carbocycles. The molecule has 0 radical (unpaired) electrons. The molecule has 0 spiro atoms. The maximum Gasteiger partial charge on any atom is 0.243 e. The molecule has 7 heteroatoms. The molecule has 3 N–H and O–H groups in total. The summed E-state index contributed by atoms with van der Waals surface area (Å²) in [4.78, 5) is 26.8. The maximum absolute atomic E-state index is 11.6. The highest BCUT2D eigenvalue weighted by atomic mass is 16.5. The Bertz CT molecular complexity index is 715. The smallest absolute Gasteiger partial charge is 0.243 e. The third-order valence-corrected chi connectivity index (χ3v) is 3.19. The second kappa shape index (κ2) is 8.60. The first-order valence-electron chi connectivity index (χ1n) is 7.29. The largest absolute Gasteiger partial charge is 0.289 e. The van der Waals surface area contributed by atoms with Crippen LogP contribution >= 0.6 is 0 Å². The number of para-hydroxylation sites is 1. The summed E-state index contributed by atoms with van der Waals surface area (Å²) in [5.74, 6) is -0.683. The topological polar surface area (TPSA) is 104 Å². The number of hydrogen-bond acceptors (Lipinski definition) is 5. The lowest BCUT2D eigenvalue weighted by atomic mass is 10.2. The fourth-order valence-electron chi connectivity index (χ4n) is 2.01. The SMILES string of the molecule is O=C(CCCCC(=O)N/N=C\c1ccc2ccccc2n1)NO. The molecule has 120 valence electrons. The van der Waals surface area contributed by atoms with E-state index in [1.54, 1.807) is 5.48 Å². The van der Waals surface area contributed by atoms with Crippen molar-refractivity contribution in [3.8, 4) is 0 Å². The average molecular weight is 314 g/mol. The van der Waals surface area contributed by atoms with Gasteiger partial charge in [0.1, 0.15) is 0 Å². The molecular weight excluding hydrogens is 296 g/mol. The van der Waals surface area contributed by atoms with Crippen LogP contribution in [-0.4, -0.2) is 28.2 Å². The van der Waals surface area contributed by atoms with E-state index in [0.717, 1.165) is 10.9 Å². The van der Waals surface area contributed by atoms with Gasteiger partial charge in [-0.2, -0.15) is 5.10 Å². The predicted octanol–water partition coefficient (Wildman–Crippen LogP) is 1.75. The summed E-state index contributed by atoms with van der Waals surface area (Å²) in [5.41, 5.74) is 5.49. The van der Waals surface area contributed by atoms with E-state index in [1.165, 1.54) is 6.21 Å². The molecule has 2 rings (SSSR count). The number of aromatic nitrogens is 1. The van der Waals surface area contributed by atoms with Gasteiger partial charge in [-0.3, -0.25) is 14.8 Å². The van der Waals surface area contributed by atoms with Crippen LogP contribution in [0.5, 0.6) is 0 Å². The van der Waals surface area contributed by atoms with Crippen molar-refractivity contribution in [1.82, 2.24) is 15.9 Å². The second-order valence-electron chi connectivity index (χ2n) is 4.96. The van der Waals surface area contributed by atoms with E-state index in [9.17, 15) is 9.59 Å². The third kappa shape index (κ3) is 5.48. The van der Waals surface area contributed by atoms with Crippen LogP contribution < -0.4 is 10.9 Å². The average Bonchev–Trinajstić information content (AvgIpc) is 2.58. The summed E-state index contributed by atoms with van der Waals surface area (Å²) in [5, 5.41) is 13.2. The maximum atomic E-state index is 11.6. The number of benzene rings is 1. The summed E-state index contributed by atoms with van der Waals surface area (Å²) in [7, 11) is 0. The summed E-state index contributed by atoms with van der Waals surface area (Å²) in [6.45, 7) is 0. The standard InChI is InChI=1S/C16H18N4O3/c21-15(7-3-4-8-16(22)20-23)19-17-11-13-10-9-12-5-1-2-6-14(12)18-13/h1-2,5-6,9-11,23H,3-4,7-8H2,(H,19,21)(H,20,22)/b17-11-. The minimum absolute atomic E-state index is 0.189. The fraction of sp³-hybridized carbons (Fsp3) is 0.250. The Labute approximate surface area is 133 Å². The Balaban J connectivity index is 1.76. The molecule has 2 aromatic rings. The number of hydroxylamine groups is 1. The molecular formula is C16H18N4O3. The summed E-state index contributed by atoms with van der Waals surface area (Å²) in [6.07, 6.45) is 3.01. The van der Waals surface area contributed by atoms with E-state index in [-0.39, 0.29) is 18.7 Å². The van der Waals surface area contributed by atoms with E-state index in [0.29, 0.717) is 18.5 Å². The first-order valence-corrected chi connectivity index (χ1v) is 7.29. The van der Waals surface area contributed by atoms with Crippen LogP contribution in [0, 0.1) is 0 Å². The molecule has 23 heavy (non-hydrogen) atoms. The van der Waals surface area contributed by atoms with Crippen LogP contribution in [0.15, 0.2) is 41.5 Å². The van der Waals surface area contributed by atoms with Crippen molar-refractivity contribution in [2.45, 2.75) is 25.7 Å². The minimum atomic E-state index is -0.453. The zero-order chi connectivity index (χ0) is 16.5. The van der Waals surface area contributed by atoms with Crippen LogP contribution in [0.4, 0.5) is 0 Å². The number of carbonyl (C=O) groups is 2. The molecule has 0 bridgehead atoms. The van der Waals surface area contributed by atoms with E-state index in [1.807, 2.05) is 36.4 Å². The monoisotopic (exact) mass is 314 g/mol. The van der Waals surface area contributed by atoms with Gasteiger partial charge in [-0.1, -0.05) is 24.3 Å². The first kappa shape index (κ1) is 16.6. The van der Waals surface area contributed by atoms with Crippen molar-refractivity contribution in [3.05, 3.63) is 42.1 Å². The minimum Gasteiger partial charge on any atom is -0.289 e. The van der Waals surface area contributed by atoms with E-state index in [2.05, 4.69) is 15.5 Å². The van der Waals surface area contributed by atoms with E-state index < -0.39 is 5.91 Å². The normalized spacial score (nSPS) is 10.8. The van der Waals surface area contributed by atoms with Gasteiger partial charge in [-0.15, -0.1) is 0 Å². The van der Waals surface area contributed by atoms with Crippen LogP contribution in [0.2, 0.25) is 0 Å². The van der Waals surface area contributed by atoms with Crippen LogP contribution in [0.3, 0.4) is 0 Å². The number of nitrogens with zero attached hydrogens (tertiary/aromatic N) is 2. The third-order valence-electron chi connectivity index (χ3n) is 3.19. The molecule has 0 fully saturated rings. The van der Waals surface area contributed by atoms with Gasteiger partial charge in [0.15, 0.2) is 0 Å². The lowest BCUT2D eigenvalue weighted by molar-refractivity contribution is -0.129. The quantitative estimate of drug-likeness (QED) is 0.313. The molecule has 2 amide bonds. The summed E-state index contributed by atoms with van der Waals surface area (Å²) >= 11 is 0. The molecule has 7 nitrogen and oxygen atoms in total. The Hall–Kier alpha value is -2.80. The molecule has 0 saturated heterocycles. The van der Waals surface area contributed by atoms with Gasteiger partial charge in [0, 0.05) is 18.2 Å². The number of rotatable bonds is 7. The Kier molecular flexibility index (Phi) is 6.19. The molecule has 1 aromatic heterocycles. The van der Waals surface area contributed by atoms with Gasteiger partial charge < -0.3 is 0 Å². The number of amides is 2. The van der Waals surface area contributed by atoms with Crippen LogP contribution in [-0.2, 0) is 9.59 Å². The first-order chi connectivity index (χ1) is 11.2. The Morgan fingerprint density at radius 3 is 2.61 bits per heavy atom. The highest BCUT2D eigenvalue weighted by molar-refractivity contribution is 5.86. The lowest BCUT2D eigenvalue weighted by Crippen LogP contribution is -2.19. The van der Waals surface area contributed by atoms with Crippen molar-refractivity contribution < 1.29 is 14.8 Å². The number of fused-ring (bicyclic) bond motifs is 1. The van der Waals surface area contributed by atoms with Crippen molar-refractivity contribution in [1.29, 1.82) is 0 Å². The van der Waals surface area contributed by atoms with Crippen molar-refractivity contribution in [3.63, 3.8) is 0 Å². The van der Waals surface area contributed by atoms with Crippen LogP contribution in [0.25, 0.3) is 10.9 Å². The number of nitrogens with one attached hydrogen (secondary N) is 2. The van der Waals surface area contributed by atoms with E-state index >= 15 is 0 Å². The molecule has 0 aliphatic carbocycles. The highest BCUT2D eigenvalue weighted by Gasteiger charge is 2.02. The zero-order valence-electron chi connectivity index (χ0n) is 12.5. The lowest BCUT2D eigenvalue weighted by Gasteiger charge is -2.00. The molecule has 0 atom stereocenters. The van der Waals surface area contributed by atoms with Crippen molar-refractivity contribution >= 4 is 28.9 Å². The van der Waals surface area contributed by atoms with E-state index in [4.69, 9.17) is 5.21 Å². The fourth-order valence-corrected chi connectivity index (χ4v) is 2.01. The number of pyridine rings is 1. The molecule has 0 aliphatic rings. The van der Waals surface area contributed by atoms with Crippen molar-refractivity contribution in [2.75, 3.05) is 0 Å². The number of hydrogen-bond donors (Lipinski definition) is 3. The Morgan fingerprint density at radius 2 is 1.83 bits per heavy atom. The van der Waals surface area contributed by atoms with Gasteiger partial charge in [0.25, 0.3) is 0 Å². The number of hydrazone groups is 1. The van der Waals surface area contributed by atoms with Gasteiger partial charge in [-0.05, 0) is 25.0 Å². The highest BCUT2D eigenvalue weighted by Crippen LogP contribution is 2.10. The molecule has 0 aliphatic heterocycles. The summed E-state index contributed by atoms with van der Waals surface area (Å²) in [6, 6.07) is 11.5. The molecule has 0 unspecified atom stereocenters. The number of carbonyl (C=O) groups excluding carboxylic acids is 2. The van der Waals surface area contributed by atoms with Gasteiger partial charge >= 0.3 is 0 Å². The predicted molar refractivity (Wildman–Crippen MR) is 85.9 cm³/mol. The van der Waals surface area contributed by atoms with Gasteiger partial charge in [0.05, 0.1) is 17.4 Å². The second-order valence-corrected chi connectivity index (χ2v) is 4.96. The summed E-state index contributed by atoms with van der Waals surface area (Å²) < 4.78 is 0. The molecule has 0 saturated carbocycles. The molecule has 1 heterocycles. The Morgan fingerprint density at radius 1 is 1.09 bits per heavy atom. The van der Waals surface area contributed by atoms with Gasteiger partial charge in [0.2, 0.25) is 11.8 Å². The number of unbranched alkanes of at least 4 members (excludes halogenated alkanes) is 1. The van der Waals surface area contributed by atoms with Crippen LogP contribution in [0.1, 0.15) is 31.4 Å². The zero-order valence-corrected chi connectivity index (χ0v) is 12.5.